The first-order valence-electron chi connectivity index (χ1n) is 12.8. The first kappa shape index (κ1) is 29.2. The highest BCUT2D eigenvalue weighted by molar-refractivity contribution is 9.09. The molecule has 13 heteroatoms. The Labute approximate surface area is 240 Å². The van der Waals surface area contributed by atoms with Gasteiger partial charge in [-0.15, -0.1) is 0 Å². The molecule has 2 aliphatic rings. The molecular weight excluding hydrogens is 608 g/mol. The standard InChI is InChI=1S/C13H14N2O3S.C9H8N2O3S.C4H7Br/c1-2-8-5-9(16)18-12-10(8)11(17)14-13(15-12)19-6-7-3-4-7;1-2-4-3-5(12)14-8-6(4)7(13)10-9(15)11-8;5-3-4-1-2-4/h5,7H,2-4,6H2,1H3,(H,14,15,17);3H,2H2,1H3,(H2,10,11,13,15);4H,1-3H2. The molecule has 4 aromatic rings. The van der Waals surface area contributed by atoms with E-state index in [1.807, 2.05) is 13.8 Å². The lowest BCUT2D eigenvalue weighted by Crippen LogP contribution is -2.14. The van der Waals surface area contributed by atoms with Crippen LogP contribution in [0.5, 0.6) is 0 Å². The number of alkyl halides is 1. The van der Waals surface area contributed by atoms with E-state index in [-0.39, 0.29) is 27.3 Å². The molecule has 39 heavy (non-hydrogen) atoms. The zero-order chi connectivity index (χ0) is 28.1. The van der Waals surface area contributed by atoms with Crippen LogP contribution in [0.3, 0.4) is 0 Å². The van der Waals surface area contributed by atoms with Gasteiger partial charge in [-0.05, 0) is 73.7 Å². The molecular formula is C26H29BrN4O6S2. The highest BCUT2D eigenvalue weighted by Gasteiger charge is 2.22. The van der Waals surface area contributed by atoms with Crippen molar-refractivity contribution < 1.29 is 8.83 Å². The van der Waals surface area contributed by atoms with E-state index < -0.39 is 11.3 Å². The predicted octanol–water partition coefficient (Wildman–Crippen LogP) is 4.83. The molecule has 0 spiro atoms. The number of halogens is 1. The number of hydrogen-bond acceptors (Lipinski definition) is 9. The van der Waals surface area contributed by atoms with Crippen LogP contribution in [0.1, 0.15) is 50.7 Å². The number of hydrogen-bond donors (Lipinski definition) is 3. The fourth-order valence-corrected chi connectivity index (χ4v) is 5.56. The summed E-state index contributed by atoms with van der Waals surface area (Å²) >= 11 is 9.66. The summed E-state index contributed by atoms with van der Waals surface area (Å²) in [6.45, 7) is 3.75. The van der Waals surface area contributed by atoms with Crippen LogP contribution in [-0.2, 0) is 12.8 Å². The van der Waals surface area contributed by atoms with Crippen LogP contribution in [0.4, 0.5) is 0 Å². The summed E-state index contributed by atoms with van der Waals surface area (Å²) in [5, 5.41) is 2.50. The van der Waals surface area contributed by atoms with E-state index in [9.17, 15) is 19.2 Å². The molecule has 2 fully saturated rings. The lowest BCUT2D eigenvalue weighted by atomic mass is 10.1. The molecule has 0 atom stereocenters. The third kappa shape index (κ3) is 7.89. The number of aromatic amines is 3. The van der Waals surface area contributed by atoms with Crippen molar-refractivity contribution in [2.45, 2.75) is 57.5 Å². The molecule has 2 aliphatic carbocycles. The largest absolute Gasteiger partial charge is 0.405 e. The van der Waals surface area contributed by atoms with Crippen LogP contribution >= 0.6 is 39.9 Å². The zero-order valence-electron chi connectivity index (χ0n) is 21.6. The molecule has 208 valence electrons. The zero-order valence-corrected chi connectivity index (χ0v) is 24.8. The Morgan fingerprint density at radius 2 is 1.49 bits per heavy atom. The van der Waals surface area contributed by atoms with Gasteiger partial charge < -0.3 is 18.8 Å². The van der Waals surface area contributed by atoms with Crippen LogP contribution in [0.2, 0.25) is 0 Å². The SMILES string of the molecule is BrCC1CC1.CCc1cc(=O)oc2[nH]c(=S)[nH]c(=O)c12.CCc1cc(=O)oc2nc(SCC3CC3)[nH]c(=O)c12. The minimum atomic E-state index is -0.490. The van der Waals surface area contributed by atoms with Gasteiger partial charge in [-0.25, -0.2) is 9.59 Å². The second-order valence-electron chi connectivity index (χ2n) is 9.40. The van der Waals surface area contributed by atoms with Gasteiger partial charge in [-0.1, -0.05) is 41.5 Å². The highest BCUT2D eigenvalue weighted by Crippen LogP contribution is 2.34. The first-order chi connectivity index (χ1) is 18.7. The third-order valence-electron chi connectivity index (χ3n) is 6.23. The molecule has 10 nitrogen and oxygen atoms in total. The monoisotopic (exact) mass is 636 g/mol. The number of H-pyrrole nitrogens is 3. The number of nitrogens with zero attached hydrogens (tertiary/aromatic N) is 1. The fraction of sp³-hybridized carbons (Fsp3) is 0.462. The topological polar surface area (TPSA) is 155 Å². The van der Waals surface area contributed by atoms with Crippen molar-refractivity contribution in [3.05, 3.63) is 69.6 Å². The van der Waals surface area contributed by atoms with Crippen molar-refractivity contribution in [3.63, 3.8) is 0 Å². The van der Waals surface area contributed by atoms with Gasteiger partial charge >= 0.3 is 11.3 Å². The molecule has 4 heterocycles. The Balaban J connectivity index is 0.000000157. The average Bonchev–Trinajstić information content (AvgIpc) is 3.81. The van der Waals surface area contributed by atoms with E-state index in [1.165, 1.54) is 54.9 Å². The van der Waals surface area contributed by atoms with Crippen molar-refractivity contribution in [3.8, 4) is 0 Å². The summed E-state index contributed by atoms with van der Waals surface area (Å²) < 4.78 is 10.1. The smallest absolute Gasteiger partial charge is 0.337 e. The van der Waals surface area contributed by atoms with Gasteiger partial charge in [0.1, 0.15) is 10.8 Å². The van der Waals surface area contributed by atoms with Gasteiger partial charge in [0.25, 0.3) is 11.1 Å². The van der Waals surface area contributed by atoms with Gasteiger partial charge in [0, 0.05) is 23.2 Å². The minimum Gasteiger partial charge on any atom is -0.405 e. The second kappa shape index (κ2) is 13.1. The van der Waals surface area contributed by atoms with Gasteiger partial charge in [-0.2, -0.15) is 4.98 Å². The first-order valence-corrected chi connectivity index (χ1v) is 15.3. The molecule has 3 N–H and O–H groups in total. The van der Waals surface area contributed by atoms with Crippen molar-refractivity contribution in [2.24, 2.45) is 11.8 Å². The Morgan fingerprint density at radius 3 is 2.05 bits per heavy atom. The second-order valence-corrected chi connectivity index (χ2v) is 11.5. The third-order valence-corrected chi connectivity index (χ3v) is 8.45. The van der Waals surface area contributed by atoms with Gasteiger partial charge in [0.15, 0.2) is 9.93 Å². The molecule has 0 amide bonds. The van der Waals surface area contributed by atoms with E-state index in [4.69, 9.17) is 21.1 Å². The van der Waals surface area contributed by atoms with Gasteiger partial charge in [0.05, 0.1) is 0 Å². The lowest BCUT2D eigenvalue weighted by Gasteiger charge is -2.03. The molecule has 0 saturated heterocycles. The quantitative estimate of drug-likeness (QED) is 0.117. The van der Waals surface area contributed by atoms with Gasteiger partial charge in [0.2, 0.25) is 11.4 Å². The summed E-state index contributed by atoms with van der Waals surface area (Å²) in [6, 6.07) is 2.67. The van der Waals surface area contributed by atoms with E-state index in [0.29, 0.717) is 39.9 Å². The van der Waals surface area contributed by atoms with Crippen molar-refractivity contribution in [2.75, 3.05) is 11.1 Å². The van der Waals surface area contributed by atoms with E-state index in [0.717, 1.165) is 17.6 Å². The maximum atomic E-state index is 12.1. The van der Waals surface area contributed by atoms with Gasteiger partial charge in [-0.3, -0.25) is 14.6 Å². The van der Waals surface area contributed by atoms with Crippen molar-refractivity contribution in [1.82, 2.24) is 19.9 Å². The maximum absolute atomic E-state index is 12.1. The van der Waals surface area contributed by atoms with Crippen LogP contribution in [0, 0.1) is 16.6 Å². The average molecular weight is 638 g/mol. The van der Waals surface area contributed by atoms with Crippen LogP contribution in [0.15, 0.2) is 45.3 Å². The number of nitrogens with one attached hydrogen (secondary N) is 3. The predicted molar refractivity (Wildman–Crippen MR) is 158 cm³/mol. The number of aryl methyl sites for hydroxylation is 2. The van der Waals surface area contributed by atoms with Crippen LogP contribution in [-0.4, -0.2) is 31.0 Å². The van der Waals surface area contributed by atoms with Crippen LogP contribution in [0.25, 0.3) is 22.2 Å². The molecule has 6 rings (SSSR count). The number of thioether (sulfide) groups is 1. The van der Waals surface area contributed by atoms with E-state index >= 15 is 0 Å². The molecule has 2 saturated carbocycles. The Bertz CT molecular complexity index is 1760. The van der Waals surface area contributed by atoms with E-state index in [2.05, 4.69) is 35.9 Å². The highest BCUT2D eigenvalue weighted by atomic mass is 79.9. The van der Waals surface area contributed by atoms with Crippen molar-refractivity contribution >= 4 is 62.1 Å². The van der Waals surface area contributed by atoms with E-state index in [1.54, 1.807) is 0 Å². The summed E-state index contributed by atoms with van der Waals surface area (Å²) in [6.07, 6.45) is 6.60. The molecule has 0 unspecified atom stereocenters. The Morgan fingerprint density at radius 1 is 0.897 bits per heavy atom. The molecule has 0 bridgehead atoms. The number of rotatable bonds is 6. The van der Waals surface area contributed by atoms with Crippen LogP contribution < -0.4 is 22.4 Å². The summed E-state index contributed by atoms with van der Waals surface area (Å²) in [5.74, 6) is 2.74. The number of aromatic nitrogens is 4. The minimum absolute atomic E-state index is 0.133. The molecule has 0 aliphatic heterocycles. The number of fused-ring (bicyclic) bond motifs is 2. The summed E-state index contributed by atoms with van der Waals surface area (Å²) in [5.41, 5.74) is 0.0847. The molecule has 0 radical (unpaired) electrons. The normalized spacial score (nSPS) is 14.4. The summed E-state index contributed by atoms with van der Waals surface area (Å²) in [4.78, 5) is 58.4. The Kier molecular flexibility index (Phi) is 9.78. The Hall–Kier alpha value is -2.77. The lowest BCUT2D eigenvalue weighted by molar-refractivity contribution is 0.541. The maximum Gasteiger partial charge on any atom is 0.337 e. The van der Waals surface area contributed by atoms with Crippen molar-refractivity contribution in [1.29, 1.82) is 0 Å². The fourth-order valence-electron chi connectivity index (χ4n) is 3.69. The summed E-state index contributed by atoms with van der Waals surface area (Å²) in [7, 11) is 0. The molecule has 0 aromatic carbocycles. The molecule has 4 aromatic heterocycles.